The Morgan fingerprint density at radius 2 is 2.19 bits per heavy atom. The zero-order chi connectivity index (χ0) is 16.0. The second kappa shape index (κ2) is 6.91. The molecule has 0 radical (unpaired) electrons. The fraction of sp³-hybridized carbons (Fsp3) is 0.417. The van der Waals surface area contributed by atoms with Crippen molar-refractivity contribution in [1.29, 1.82) is 0 Å². The maximum absolute atomic E-state index is 12.9. The number of likely N-dealkylation sites (N-methyl/N-ethyl adjacent to an activating group) is 1. The van der Waals surface area contributed by atoms with Crippen molar-refractivity contribution in [2.45, 2.75) is 12.2 Å². The first-order valence-electron chi connectivity index (χ1n) is 5.95. The lowest BCUT2D eigenvalue weighted by atomic mass is 10.3. The Bertz CT molecular complexity index is 499. The van der Waals surface area contributed by atoms with E-state index in [1.165, 1.54) is 19.3 Å². The van der Waals surface area contributed by atoms with Gasteiger partial charge < -0.3 is 10.2 Å². The van der Waals surface area contributed by atoms with E-state index in [2.05, 4.69) is 17.0 Å². The highest BCUT2D eigenvalue weighted by Crippen LogP contribution is 2.29. The monoisotopic (exact) mass is 304 g/mol. The van der Waals surface area contributed by atoms with Gasteiger partial charge in [-0.3, -0.25) is 14.3 Å². The minimum atomic E-state index is -4.55. The van der Waals surface area contributed by atoms with Crippen LogP contribution in [0.1, 0.15) is 6.04 Å². The van der Waals surface area contributed by atoms with Crippen LogP contribution in [0.15, 0.2) is 31.1 Å². The van der Waals surface area contributed by atoms with Gasteiger partial charge in [-0.1, -0.05) is 6.58 Å². The van der Waals surface area contributed by atoms with Crippen LogP contribution in [0, 0.1) is 0 Å². The van der Waals surface area contributed by atoms with Gasteiger partial charge in [-0.2, -0.15) is 18.3 Å². The van der Waals surface area contributed by atoms with E-state index >= 15 is 0 Å². The average molecular weight is 304 g/mol. The van der Waals surface area contributed by atoms with Crippen LogP contribution in [0.3, 0.4) is 0 Å². The Morgan fingerprint density at radius 1 is 1.52 bits per heavy atom. The Labute approximate surface area is 119 Å². The predicted octanol–water partition coefficient (Wildman–Crippen LogP) is 0.747. The molecule has 0 aliphatic rings. The fourth-order valence-electron chi connectivity index (χ4n) is 1.54. The summed E-state index contributed by atoms with van der Waals surface area (Å²) in [6.45, 7) is 2.23. The van der Waals surface area contributed by atoms with Gasteiger partial charge in [0.25, 0.3) is 0 Å². The number of carbonyl (C=O) groups is 2. The highest BCUT2D eigenvalue weighted by molar-refractivity contribution is 5.90. The average Bonchev–Trinajstić information content (AvgIpc) is 2.89. The molecule has 0 aliphatic heterocycles. The van der Waals surface area contributed by atoms with Crippen LogP contribution in [0.2, 0.25) is 0 Å². The predicted molar refractivity (Wildman–Crippen MR) is 68.2 cm³/mol. The first-order valence-corrected chi connectivity index (χ1v) is 5.95. The molecule has 2 amide bonds. The first kappa shape index (κ1) is 16.7. The van der Waals surface area contributed by atoms with Crippen LogP contribution in [-0.4, -0.2) is 52.8 Å². The highest BCUT2D eigenvalue weighted by Gasteiger charge is 2.41. The molecule has 21 heavy (non-hydrogen) atoms. The van der Waals surface area contributed by atoms with Crippen molar-refractivity contribution in [3.8, 4) is 0 Å². The molecule has 1 aromatic heterocycles. The van der Waals surface area contributed by atoms with Gasteiger partial charge in [-0.15, -0.1) is 0 Å². The number of hydrogen-bond acceptors (Lipinski definition) is 3. The van der Waals surface area contributed by atoms with Gasteiger partial charge in [0.1, 0.15) is 0 Å². The largest absolute Gasteiger partial charge is 0.412 e. The number of nitrogens with one attached hydrogen (secondary N) is 1. The van der Waals surface area contributed by atoms with Crippen molar-refractivity contribution in [2.75, 3.05) is 20.1 Å². The first-order chi connectivity index (χ1) is 9.75. The Kier molecular flexibility index (Phi) is 5.51. The van der Waals surface area contributed by atoms with E-state index in [0.717, 1.165) is 21.9 Å². The summed E-state index contributed by atoms with van der Waals surface area (Å²) in [5.41, 5.74) is 0. The SMILES string of the molecule is C=CC(=O)N(C)CC(=O)NCC(n1cccn1)C(F)(F)F. The van der Waals surface area contributed by atoms with E-state index in [9.17, 15) is 22.8 Å². The summed E-state index contributed by atoms with van der Waals surface area (Å²) < 4.78 is 39.4. The number of carbonyl (C=O) groups excluding carboxylic acids is 2. The Morgan fingerprint density at radius 3 is 2.67 bits per heavy atom. The summed E-state index contributed by atoms with van der Waals surface area (Å²) in [5.74, 6) is -1.20. The van der Waals surface area contributed by atoms with Crippen molar-refractivity contribution < 1.29 is 22.8 Å². The molecule has 0 saturated heterocycles. The molecule has 0 aromatic carbocycles. The second-order valence-corrected chi connectivity index (χ2v) is 4.25. The molecule has 0 fully saturated rings. The molecule has 1 aromatic rings. The molecule has 0 aliphatic carbocycles. The zero-order valence-corrected chi connectivity index (χ0v) is 11.3. The van der Waals surface area contributed by atoms with E-state index in [4.69, 9.17) is 0 Å². The van der Waals surface area contributed by atoms with Crippen molar-refractivity contribution in [2.24, 2.45) is 0 Å². The van der Waals surface area contributed by atoms with Gasteiger partial charge in [-0.25, -0.2) is 0 Å². The van der Waals surface area contributed by atoms with Gasteiger partial charge in [0.15, 0.2) is 6.04 Å². The third-order valence-corrected chi connectivity index (χ3v) is 2.65. The van der Waals surface area contributed by atoms with Gasteiger partial charge in [0.05, 0.1) is 6.54 Å². The van der Waals surface area contributed by atoms with Gasteiger partial charge >= 0.3 is 6.18 Å². The van der Waals surface area contributed by atoms with Crippen molar-refractivity contribution in [3.63, 3.8) is 0 Å². The molecule has 6 nitrogen and oxygen atoms in total. The van der Waals surface area contributed by atoms with Crippen LogP contribution in [0.4, 0.5) is 13.2 Å². The number of halogens is 3. The second-order valence-electron chi connectivity index (χ2n) is 4.25. The van der Waals surface area contributed by atoms with Crippen LogP contribution in [-0.2, 0) is 9.59 Å². The summed E-state index contributed by atoms with van der Waals surface area (Å²) in [4.78, 5) is 23.7. The van der Waals surface area contributed by atoms with Crippen LogP contribution < -0.4 is 5.32 Å². The summed E-state index contributed by atoms with van der Waals surface area (Å²) in [6.07, 6.45) is -1.16. The molecule has 1 atom stereocenters. The number of nitrogens with zero attached hydrogens (tertiary/aromatic N) is 3. The fourth-order valence-corrected chi connectivity index (χ4v) is 1.54. The third kappa shape index (κ3) is 4.93. The topological polar surface area (TPSA) is 67.2 Å². The molecule has 0 bridgehead atoms. The van der Waals surface area contributed by atoms with E-state index < -0.39 is 30.6 Å². The van der Waals surface area contributed by atoms with Crippen molar-refractivity contribution >= 4 is 11.8 Å². The minimum Gasteiger partial charge on any atom is -0.352 e. The molecular weight excluding hydrogens is 289 g/mol. The Hall–Kier alpha value is -2.32. The zero-order valence-electron chi connectivity index (χ0n) is 11.3. The van der Waals surface area contributed by atoms with E-state index in [0.29, 0.717) is 0 Å². The summed E-state index contributed by atoms with van der Waals surface area (Å²) in [5, 5.41) is 5.67. The van der Waals surface area contributed by atoms with Crippen molar-refractivity contribution in [1.82, 2.24) is 20.0 Å². The van der Waals surface area contributed by atoms with E-state index in [-0.39, 0.29) is 6.54 Å². The number of hydrogen-bond donors (Lipinski definition) is 1. The highest BCUT2D eigenvalue weighted by atomic mass is 19.4. The van der Waals surface area contributed by atoms with Crippen LogP contribution >= 0.6 is 0 Å². The van der Waals surface area contributed by atoms with Gasteiger partial charge in [0.2, 0.25) is 11.8 Å². The maximum Gasteiger partial charge on any atom is 0.412 e. The molecule has 1 unspecified atom stereocenters. The third-order valence-electron chi connectivity index (χ3n) is 2.65. The molecule has 1 N–H and O–H groups in total. The molecule has 116 valence electrons. The summed E-state index contributed by atoms with van der Waals surface area (Å²) in [7, 11) is 1.35. The number of alkyl halides is 3. The summed E-state index contributed by atoms with van der Waals surface area (Å²) in [6, 6.07) is -0.603. The molecule has 9 heteroatoms. The number of aromatic nitrogens is 2. The number of rotatable bonds is 6. The molecule has 1 rings (SSSR count). The standard InChI is InChI=1S/C12H15F3N4O2/c1-3-11(21)18(2)8-10(20)16-7-9(12(13,14)15)19-6-4-5-17-19/h3-6,9H,1,7-8H2,2H3,(H,16,20). The smallest absolute Gasteiger partial charge is 0.352 e. The molecule has 1 heterocycles. The minimum absolute atomic E-state index is 0.353. The molecule has 0 saturated carbocycles. The van der Waals surface area contributed by atoms with E-state index in [1.54, 1.807) is 0 Å². The molecular formula is C12H15F3N4O2. The summed E-state index contributed by atoms with van der Waals surface area (Å²) >= 11 is 0. The van der Waals surface area contributed by atoms with Crippen LogP contribution in [0.5, 0.6) is 0 Å². The Balaban J connectivity index is 2.60. The normalized spacial score (nSPS) is 12.6. The van der Waals surface area contributed by atoms with Gasteiger partial charge in [0, 0.05) is 26.0 Å². The number of amides is 2. The van der Waals surface area contributed by atoms with Crippen LogP contribution in [0.25, 0.3) is 0 Å². The lowest BCUT2D eigenvalue weighted by Crippen LogP contribution is -2.42. The lowest BCUT2D eigenvalue weighted by Gasteiger charge is -2.22. The van der Waals surface area contributed by atoms with E-state index in [1.807, 2.05) is 0 Å². The van der Waals surface area contributed by atoms with Gasteiger partial charge in [-0.05, 0) is 12.1 Å². The quantitative estimate of drug-likeness (QED) is 0.789. The molecule has 0 spiro atoms. The maximum atomic E-state index is 12.9. The lowest BCUT2D eigenvalue weighted by molar-refractivity contribution is -0.169. The van der Waals surface area contributed by atoms with Crippen molar-refractivity contribution in [3.05, 3.63) is 31.1 Å².